The Bertz CT molecular complexity index is 406. The zero-order valence-electron chi connectivity index (χ0n) is 11.3. The molecular weight excluding hydrogens is 246 g/mol. The summed E-state index contributed by atoms with van der Waals surface area (Å²) in [5, 5.41) is 4.27. The lowest BCUT2D eigenvalue weighted by Crippen LogP contribution is -2.23. The summed E-state index contributed by atoms with van der Waals surface area (Å²) < 4.78 is 5.76. The van der Waals surface area contributed by atoms with E-state index in [-0.39, 0.29) is 0 Å². The number of hydrogen-bond acceptors (Lipinski definition) is 2. The quantitative estimate of drug-likeness (QED) is 0.852. The molecule has 0 radical (unpaired) electrons. The van der Waals surface area contributed by atoms with Gasteiger partial charge in [-0.15, -0.1) is 0 Å². The molecule has 18 heavy (non-hydrogen) atoms. The van der Waals surface area contributed by atoms with Gasteiger partial charge in [0.15, 0.2) is 0 Å². The summed E-state index contributed by atoms with van der Waals surface area (Å²) in [7, 11) is 0. The van der Waals surface area contributed by atoms with Crippen LogP contribution >= 0.6 is 11.6 Å². The molecular formula is C15H22ClNO. The maximum atomic E-state index is 6.19. The SMILES string of the molecule is CCNCC(CC)Cc1cc(Cl)cc2c1OCC2. The molecule has 1 unspecified atom stereocenters. The van der Waals surface area contributed by atoms with Crippen LogP contribution < -0.4 is 10.1 Å². The van der Waals surface area contributed by atoms with Gasteiger partial charge in [0.2, 0.25) is 0 Å². The van der Waals surface area contributed by atoms with Crippen molar-refractivity contribution in [3.8, 4) is 5.75 Å². The first-order valence-electron chi connectivity index (χ1n) is 6.89. The Balaban J connectivity index is 2.12. The van der Waals surface area contributed by atoms with E-state index in [0.29, 0.717) is 5.92 Å². The van der Waals surface area contributed by atoms with Crippen LogP contribution in [0.25, 0.3) is 0 Å². The highest BCUT2D eigenvalue weighted by molar-refractivity contribution is 6.30. The molecule has 0 saturated heterocycles. The van der Waals surface area contributed by atoms with Gasteiger partial charge in [-0.05, 0) is 48.7 Å². The third-order valence-electron chi connectivity index (χ3n) is 3.59. The zero-order valence-corrected chi connectivity index (χ0v) is 12.0. The van der Waals surface area contributed by atoms with Crippen LogP contribution in [0.1, 0.15) is 31.4 Å². The number of benzene rings is 1. The Morgan fingerprint density at radius 1 is 1.39 bits per heavy atom. The fourth-order valence-electron chi connectivity index (χ4n) is 2.52. The van der Waals surface area contributed by atoms with Crippen molar-refractivity contribution >= 4 is 11.6 Å². The molecule has 1 N–H and O–H groups in total. The van der Waals surface area contributed by atoms with E-state index in [4.69, 9.17) is 16.3 Å². The summed E-state index contributed by atoms with van der Waals surface area (Å²) in [4.78, 5) is 0. The van der Waals surface area contributed by atoms with E-state index in [0.717, 1.165) is 43.3 Å². The van der Waals surface area contributed by atoms with E-state index < -0.39 is 0 Å². The molecule has 0 saturated carbocycles. The summed E-state index contributed by atoms with van der Waals surface area (Å²) in [5.41, 5.74) is 2.55. The predicted molar refractivity (Wildman–Crippen MR) is 76.7 cm³/mol. The first kappa shape index (κ1) is 13.7. The molecule has 1 atom stereocenters. The van der Waals surface area contributed by atoms with Crippen LogP contribution in [-0.4, -0.2) is 19.7 Å². The number of ether oxygens (including phenoxy) is 1. The van der Waals surface area contributed by atoms with Crippen molar-refractivity contribution in [2.75, 3.05) is 19.7 Å². The minimum absolute atomic E-state index is 0.650. The van der Waals surface area contributed by atoms with Gasteiger partial charge in [-0.3, -0.25) is 0 Å². The van der Waals surface area contributed by atoms with Crippen LogP contribution in [0.4, 0.5) is 0 Å². The van der Waals surface area contributed by atoms with Crippen LogP contribution in [0.5, 0.6) is 5.75 Å². The molecule has 0 bridgehead atoms. The Hall–Kier alpha value is -0.730. The maximum absolute atomic E-state index is 6.19. The minimum Gasteiger partial charge on any atom is -0.493 e. The van der Waals surface area contributed by atoms with Crippen LogP contribution in [-0.2, 0) is 12.8 Å². The third-order valence-corrected chi connectivity index (χ3v) is 3.81. The molecule has 1 aromatic rings. The molecule has 3 heteroatoms. The van der Waals surface area contributed by atoms with E-state index in [9.17, 15) is 0 Å². The Morgan fingerprint density at radius 2 is 2.22 bits per heavy atom. The van der Waals surface area contributed by atoms with Gasteiger partial charge in [-0.1, -0.05) is 31.9 Å². The highest BCUT2D eigenvalue weighted by atomic mass is 35.5. The molecule has 1 aliphatic rings. The maximum Gasteiger partial charge on any atom is 0.125 e. The fourth-order valence-corrected chi connectivity index (χ4v) is 2.78. The summed E-state index contributed by atoms with van der Waals surface area (Å²) in [5.74, 6) is 1.74. The first-order valence-corrected chi connectivity index (χ1v) is 7.27. The van der Waals surface area contributed by atoms with E-state index in [2.05, 4.69) is 25.2 Å². The summed E-state index contributed by atoms with van der Waals surface area (Å²) in [6, 6.07) is 4.11. The van der Waals surface area contributed by atoms with Crippen molar-refractivity contribution in [2.24, 2.45) is 5.92 Å². The highest BCUT2D eigenvalue weighted by Gasteiger charge is 2.19. The standard InChI is InChI=1S/C15H22ClNO/c1-3-11(10-17-4-2)7-13-9-14(16)8-12-5-6-18-15(12)13/h8-9,11,17H,3-7,10H2,1-2H3. The van der Waals surface area contributed by atoms with Crippen molar-refractivity contribution in [2.45, 2.75) is 33.1 Å². The van der Waals surface area contributed by atoms with Gasteiger partial charge in [0.1, 0.15) is 5.75 Å². The summed E-state index contributed by atoms with van der Waals surface area (Å²) in [6.07, 6.45) is 3.22. The van der Waals surface area contributed by atoms with E-state index in [1.165, 1.54) is 17.5 Å². The van der Waals surface area contributed by atoms with E-state index in [1.54, 1.807) is 0 Å². The average Bonchev–Trinajstić information content (AvgIpc) is 2.82. The van der Waals surface area contributed by atoms with Gasteiger partial charge in [0, 0.05) is 11.4 Å². The van der Waals surface area contributed by atoms with Crippen molar-refractivity contribution < 1.29 is 4.74 Å². The van der Waals surface area contributed by atoms with Crippen LogP contribution in [0.3, 0.4) is 0 Å². The van der Waals surface area contributed by atoms with E-state index in [1.807, 2.05) is 6.07 Å². The van der Waals surface area contributed by atoms with Gasteiger partial charge < -0.3 is 10.1 Å². The first-order chi connectivity index (χ1) is 8.74. The molecule has 1 aliphatic heterocycles. The lowest BCUT2D eigenvalue weighted by atomic mass is 9.95. The second-order valence-electron chi connectivity index (χ2n) is 4.94. The van der Waals surface area contributed by atoms with Gasteiger partial charge >= 0.3 is 0 Å². The molecule has 0 aliphatic carbocycles. The normalized spacial score (nSPS) is 15.3. The number of fused-ring (bicyclic) bond motifs is 1. The van der Waals surface area contributed by atoms with Crippen molar-refractivity contribution in [3.05, 3.63) is 28.3 Å². The van der Waals surface area contributed by atoms with Gasteiger partial charge in [-0.2, -0.15) is 0 Å². The predicted octanol–water partition coefficient (Wildman–Crippen LogP) is 3.45. The lowest BCUT2D eigenvalue weighted by Gasteiger charge is -2.17. The third kappa shape index (κ3) is 3.18. The second kappa shape index (κ2) is 6.44. The number of nitrogens with one attached hydrogen (secondary N) is 1. The average molecular weight is 268 g/mol. The number of hydrogen-bond donors (Lipinski definition) is 1. The minimum atomic E-state index is 0.650. The number of rotatable bonds is 6. The van der Waals surface area contributed by atoms with Gasteiger partial charge in [-0.25, -0.2) is 0 Å². The molecule has 2 nitrogen and oxygen atoms in total. The topological polar surface area (TPSA) is 21.3 Å². The largest absolute Gasteiger partial charge is 0.493 e. The van der Waals surface area contributed by atoms with Crippen LogP contribution in [0, 0.1) is 5.92 Å². The summed E-state index contributed by atoms with van der Waals surface area (Å²) >= 11 is 6.19. The molecule has 1 aromatic carbocycles. The Labute approximate surface area is 115 Å². The Kier molecular flexibility index (Phi) is 4.90. The van der Waals surface area contributed by atoms with Crippen LogP contribution in [0.15, 0.2) is 12.1 Å². The fraction of sp³-hybridized carbons (Fsp3) is 0.600. The van der Waals surface area contributed by atoms with Crippen molar-refractivity contribution in [1.82, 2.24) is 5.32 Å². The molecule has 2 rings (SSSR count). The number of halogens is 1. The van der Waals surface area contributed by atoms with Gasteiger partial charge in [0.25, 0.3) is 0 Å². The second-order valence-corrected chi connectivity index (χ2v) is 5.37. The summed E-state index contributed by atoms with van der Waals surface area (Å²) in [6.45, 7) is 7.28. The zero-order chi connectivity index (χ0) is 13.0. The van der Waals surface area contributed by atoms with Crippen molar-refractivity contribution in [1.29, 1.82) is 0 Å². The molecule has 0 spiro atoms. The molecule has 1 heterocycles. The Morgan fingerprint density at radius 3 is 2.94 bits per heavy atom. The van der Waals surface area contributed by atoms with E-state index >= 15 is 0 Å². The monoisotopic (exact) mass is 267 g/mol. The molecule has 100 valence electrons. The smallest absolute Gasteiger partial charge is 0.125 e. The molecule has 0 aromatic heterocycles. The molecule has 0 fully saturated rings. The van der Waals surface area contributed by atoms with Gasteiger partial charge in [0.05, 0.1) is 6.61 Å². The van der Waals surface area contributed by atoms with Crippen LogP contribution in [0.2, 0.25) is 5.02 Å². The molecule has 0 amide bonds. The lowest BCUT2D eigenvalue weighted by molar-refractivity contribution is 0.349. The van der Waals surface area contributed by atoms with Crippen molar-refractivity contribution in [3.63, 3.8) is 0 Å². The highest BCUT2D eigenvalue weighted by Crippen LogP contribution is 2.34.